The second-order valence-corrected chi connectivity index (χ2v) is 5.65. The van der Waals surface area contributed by atoms with E-state index in [1.54, 1.807) is 18.2 Å². The molecule has 0 bridgehead atoms. The predicted molar refractivity (Wildman–Crippen MR) is 78.1 cm³/mol. The molecule has 2 aromatic rings. The second-order valence-electron chi connectivity index (χ2n) is 4.83. The number of Topliss-reactive ketones (excluding diaryl/α,β-unsaturated/α-hetero) is 1. The first-order valence-electron chi connectivity index (χ1n) is 6.22. The highest BCUT2D eigenvalue weighted by atomic mass is 35.5. The third-order valence-electron chi connectivity index (χ3n) is 3.63. The molecule has 1 aliphatic carbocycles. The Bertz CT molecular complexity index is 604. The SMILES string of the molecule is O=C(c1c(Cl)cccc1Cl)C1Cc2ccccc2C1. The van der Waals surface area contributed by atoms with Crippen molar-refractivity contribution in [1.29, 1.82) is 0 Å². The normalized spacial score (nSPS) is 14.4. The van der Waals surface area contributed by atoms with Gasteiger partial charge in [-0.15, -0.1) is 0 Å². The van der Waals surface area contributed by atoms with E-state index in [2.05, 4.69) is 12.1 Å². The van der Waals surface area contributed by atoms with E-state index in [9.17, 15) is 4.79 Å². The second kappa shape index (κ2) is 4.99. The Labute approximate surface area is 122 Å². The molecular weight excluding hydrogens is 279 g/mol. The molecule has 19 heavy (non-hydrogen) atoms. The fourth-order valence-corrected chi connectivity index (χ4v) is 3.27. The van der Waals surface area contributed by atoms with Crippen LogP contribution in [0.5, 0.6) is 0 Å². The van der Waals surface area contributed by atoms with E-state index in [-0.39, 0.29) is 11.7 Å². The first kappa shape index (κ1) is 12.7. The van der Waals surface area contributed by atoms with Crippen molar-refractivity contribution in [2.75, 3.05) is 0 Å². The Morgan fingerprint density at radius 3 is 1.95 bits per heavy atom. The minimum Gasteiger partial charge on any atom is -0.294 e. The largest absolute Gasteiger partial charge is 0.294 e. The lowest BCUT2D eigenvalue weighted by Crippen LogP contribution is -2.16. The van der Waals surface area contributed by atoms with Gasteiger partial charge < -0.3 is 0 Å². The molecule has 1 aliphatic rings. The van der Waals surface area contributed by atoms with Crippen LogP contribution in [-0.2, 0) is 12.8 Å². The van der Waals surface area contributed by atoms with E-state index in [0.29, 0.717) is 15.6 Å². The number of carbonyl (C=O) groups excluding carboxylic acids is 1. The van der Waals surface area contributed by atoms with E-state index in [1.165, 1.54) is 11.1 Å². The lowest BCUT2D eigenvalue weighted by molar-refractivity contribution is 0.0925. The molecule has 0 heterocycles. The lowest BCUT2D eigenvalue weighted by atomic mass is 9.95. The van der Waals surface area contributed by atoms with Crippen LogP contribution in [0.25, 0.3) is 0 Å². The molecule has 96 valence electrons. The number of hydrogen-bond acceptors (Lipinski definition) is 1. The average Bonchev–Trinajstić information content (AvgIpc) is 2.82. The average molecular weight is 291 g/mol. The van der Waals surface area contributed by atoms with Crippen LogP contribution in [0.4, 0.5) is 0 Å². The van der Waals surface area contributed by atoms with Gasteiger partial charge in [-0.05, 0) is 36.1 Å². The summed E-state index contributed by atoms with van der Waals surface area (Å²) in [6.45, 7) is 0. The predicted octanol–water partition coefficient (Wildman–Crippen LogP) is 4.59. The van der Waals surface area contributed by atoms with Crippen LogP contribution < -0.4 is 0 Å². The summed E-state index contributed by atoms with van der Waals surface area (Å²) in [5.74, 6) is 0.00148. The van der Waals surface area contributed by atoms with Gasteiger partial charge in [0.1, 0.15) is 0 Å². The van der Waals surface area contributed by atoms with E-state index < -0.39 is 0 Å². The van der Waals surface area contributed by atoms with E-state index in [4.69, 9.17) is 23.2 Å². The van der Waals surface area contributed by atoms with Gasteiger partial charge in [-0.25, -0.2) is 0 Å². The van der Waals surface area contributed by atoms with Crippen molar-refractivity contribution >= 4 is 29.0 Å². The van der Waals surface area contributed by atoms with Crippen LogP contribution in [0.3, 0.4) is 0 Å². The van der Waals surface area contributed by atoms with Crippen molar-refractivity contribution in [2.45, 2.75) is 12.8 Å². The maximum absolute atomic E-state index is 12.6. The summed E-state index contributed by atoms with van der Waals surface area (Å²) >= 11 is 12.2. The molecule has 3 rings (SSSR count). The Morgan fingerprint density at radius 1 is 0.895 bits per heavy atom. The van der Waals surface area contributed by atoms with E-state index in [0.717, 1.165) is 12.8 Å². The smallest absolute Gasteiger partial charge is 0.169 e. The molecule has 0 atom stereocenters. The van der Waals surface area contributed by atoms with Crippen LogP contribution in [0, 0.1) is 5.92 Å². The fraction of sp³-hybridized carbons (Fsp3) is 0.188. The fourth-order valence-electron chi connectivity index (χ4n) is 2.68. The summed E-state index contributed by atoms with van der Waals surface area (Å²) in [5.41, 5.74) is 2.97. The monoisotopic (exact) mass is 290 g/mol. The summed E-state index contributed by atoms with van der Waals surface area (Å²) in [6, 6.07) is 13.4. The van der Waals surface area contributed by atoms with Gasteiger partial charge in [0.15, 0.2) is 5.78 Å². The van der Waals surface area contributed by atoms with Crippen molar-refractivity contribution in [1.82, 2.24) is 0 Å². The van der Waals surface area contributed by atoms with Gasteiger partial charge in [-0.3, -0.25) is 4.79 Å². The zero-order chi connectivity index (χ0) is 13.4. The summed E-state index contributed by atoms with van der Waals surface area (Å²) in [4.78, 5) is 12.6. The van der Waals surface area contributed by atoms with Crippen LogP contribution in [0.15, 0.2) is 42.5 Å². The topological polar surface area (TPSA) is 17.1 Å². The van der Waals surface area contributed by atoms with Crippen molar-refractivity contribution in [2.24, 2.45) is 5.92 Å². The lowest BCUT2D eigenvalue weighted by Gasteiger charge is -2.11. The standard InChI is InChI=1S/C16H12Cl2O/c17-13-6-3-7-14(18)15(13)16(19)12-8-10-4-1-2-5-11(10)9-12/h1-7,12H,8-9H2. The molecule has 0 aliphatic heterocycles. The zero-order valence-electron chi connectivity index (χ0n) is 10.2. The van der Waals surface area contributed by atoms with E-state index in [1.807, 2.05) is 12.1 Å². The minimum atomic E-state index is -0.0465. The summed E-state index contributed by atoms with van der Waals surface area (Å²) in [6.07, 6.45) is 1.55. The van der Waals surface area contributed by atoms with Crippen molar-refractivity contribution < 1.29 is 4.79 Å². The quantitative estimate of drug-likeness (QED) is 0.739. The molecular formula is C16H12Cl2O. The van der Waals surface area contributed by atoms with Crippen molar-refractivity contribution in [3.8, 4) is 0 Å². The molecule has 1 nitrogen and oxygen atoms in total. The van der Waals surface area contributed by atoms with Crippen molar-refractivity contribution in [3.63, 3.8) is 0 Å². The number of hydrogen-bond donors (Lipinski definition) is 0. The number of benzene rings is 2. The number of halogens is 2. The number of carbonyl (C=O) groups is 1. The Hall–Kier alpha value is -1.31. The van der Waals surface area contributed by atoms with Crippen molar-refractivity contribution in [3.05, 3.63) is 69.2 Å². The van der Waals surface area contributed by atoms with Crippen LogP contribution in [0.2, 0.25) is 10.0 Å². The zero-order valence-corrected chi connectivity index (χ0v) is 11.7. The Morgan fingerprint density at radius 2 is 1.42 bits per heavy atom. The molecule has 0 saturated carbocycles. The van der Waals surface area contributed by atoms with Crippen LogP contribution in [-0.4, -0.2) is 5.78 Å². The van der Waals surface area contributed by atoms with Gasteiger partial charge in [0.2, 0.25) is 0 Å². The molecule has 0 fully saturated rings. The highest BCUT2D eigenvalue weighted by Crippen LogP contribution is 2.33. The van der Waals surface area contributed by atoms with Crippen LogP contribution >= 0.6 is 23.2 Å². The minimum absolute atomic E-state index is 0.0465. The number of ketones is 1. The molecule has 0 aromatic heterocycles. The van der Waals surface area contributed by atoms with E-state index >= 15 is 0 Å². The van der Waals surface area contributed by atoms with Gasteiger partial charge in [0.25, 0.3) is 0 Å². The first-order valence-corrected chi connectivity index (χ1v) is 6.97. The highest BCUT2D eigenvalue weighted by Gasteiger charge is 2.29. The van der Waals surface area contributed by atoms with Gasteiger partial charge in [0.05, 0.1) is 15.6 Å². The van der Waals surface area contributed by atoms with Crippen LogP contribution in [0.1, 0.15) is 21.5 Å². The Kier molecular flexibility index (Phi) is 3.34. The van der Waals surface area contributed by atoms with Gasteiger partial charge >= 0.3 is 0 Å². The highest BCUT2D eigenvalue weighted by molar-refractivity contribution is 6.39. The van der Waals surface area contributed by atoms with Gasteiger partial charge in [-0.1, -0.05) is 53.5 Å². The molecule has 0 saturated heterocycles. The van der Waals surface area contributed by atoms with Gasteiger partial charge in [0, 0.05) is 5.92 Å². The maximum Gasteiger partial charge on any atom is 0.169 e. The summed E-state index contributed by atoms with van der Waals surface area (Å²) < 4.78 is 0. The summed E-state index contributed by atoms with van der Waals surface area (Å²) in [7, 11) is 0. The number of fused-ring (bicyclic) bond motifs is 1. The molecule has 0 radical (unpaired) electrons. The summed E-state index contributed by atoms with van der Waals surface area (Å²) in [5, 5.41) is 0.877. The first-order chi connectivity index (χ1) is 9.16. The molecule has 2 aromatic carbocycles. The molecule has 0 amide bonds. The molecule has 0 spiro atoms. The number of rotatable bonds is 2. The maximum atomic E-state index is 12.6. The third kappa shape index (κ3) is 2.29. The molecule has 0 N–H and O–H groups in total. The Balaban J connectivity index is 1.92. The molecule has 0 unspecified atom stereocenters. The van der Waals surface area contributed by atoms with Gasteiger partial charge in [-0.2, -0.15) is 0 Å². The third-order valence-corrected chi connectivity index (χ3v) is 4.26. The molecule has 3 heteroatoms.